The van der Waals surface area contributed by atoms with Gasteiger partial charge in [0.1, 0.15) is 0 Å². The summed E-state index contributed by atoms with van der Waals surface area (Å²) in [4.78, 5) is 27.8. The number of rotatable bonds is 4. The number of amides is 2. The van der Waals surface area contributed by atoms with E-state index in [1.165, 1.54) is 0 Å². The maximum atomic E-state index is 12.3. The molecule has 2 saturated heterocycles. The van der Waals surface area contributed by atoms with Gasteiger partial charge in [-0.1, -0.05) is 29.8 Å². The Bertz CT molecular complexity index is 593. The zero-order valence-electron chi connectivity index (χ0n) is 13.1. The van der Waals surface area contributed by atoms with Crippen LogP contribution in [0.3, 0.4) is 0 Å². The predicted octanol–water partition coefficient (Wildman–Crippen LogP) is 1.29. The van der Waals surface area contributed by atoms with Gasteiger partial charge in [-0.15, -0.1) is 0 Å². The van der Waals surface area contributed by atoms with E-state index < -0.39 is 0 Å². The lowest BCUT2D eigenvalue weighted by Gasteiger charge is -2.47. The van der Waals surface area contributed by atoms with Crippen LogP contribution in [0.25, 0.3) is 0 Å². The summed E-state index contributed by atoms with van der Waals surface area (Å²) < 4.78 is 0. The smallest absolute Gasteiger partial charge is 0.227 e. The van der Waals surface area contributed by atoms with Crippen LogP contribution < -0.4 is 5.73 Å². The van der Waals surface area contributed by atoms with Crippen LogP contribution in [0.2, 0.25) is 5.02 Å². The van der Waals surface area contributed by atoms with Crippen LogP contribution in [0.4, 0.5) is 0 Å². The Labute approximate surface area is 141 Å². The third-order valence-corrected chi connectivity index (χ3v) is 5.33. The van der Waals surface area contributed by atoms with E-state index in [9.17, 15) is 9.59 Å². The van der Waals surface area contributed by atoms with Crippen molar-refractivity contribution < 1.29 is 9.59 Å². The number of likely N-dealkylation sites (tertiary alicyclic amines) is 2. The molecular weight excluding hydrogens is 314 g/mol. The molecule has 2 fully saturated rings. The Kier molecular flexibility index (Phi) is 4.87. The lowest BCUT2D eigenvalue weighted by Crippen LogP contribution is -2.62. The molecule has 0 aromatic heterocycles. The van der Waals surface area contributed by atoms with Gasteiger partial charge in [0.05, 0.1) is 6.42 Å². The molecule has 0 unspecified atom stereocenters. The fourth-order valence-electron chi connectivity index (χ4n) is 3.36. The van der Waals surface area contributed by atoms with Crippen molar-refractivity contribution in [3.63, 3.8) is 0 Å². The maximum Gasteiger partial charge on any atom is 0.227 e. The number of carbonyl (C=O) groups excluding carboxylic acids is 2. The van der Waals surface area contributed by atoms with Crippen molar-refractivity contribution in [1.82, 2.24) is 9.80 Å². The third-order valence-electron chi connectivity index (χ3n) is 4.96. The van der Waals surface area contributed by atoms with Crippen LogP contribution in [-0.2, 0) is 16.0 Å². The first-order chi connectivity index (χ1) is 11.0. The van der Waals surface area contributed by atoms with Crippen LogP contribution >= 0.6 is 11.6 Å². The summed E-state index contributed by atoms with van der Waals surface area (Å²) in [6.07, 6.45) is 2.02. The highest BCUT2D eigenvalue weighted by atomic mass is 35.5. The molecule has 0 saturated carbocycles. The van der Waals surface area contributed by atoms with Gasteiger partial charge in [0.25, 0.3) is 0 Å². The average Bonchev–Trinajstić information content (AvgIpc) is 2.48. The first-order valence-corrected chi connectivity index (χ1v) is 8.47. The summed E-state index contributed by atoms with van der Waals surface area (Å²) in [6.45, 7) is 3.32. The van der Waals surface area contributed by atoms with Crippen LogP contribution in [0.1, 0.15) is 18.4 Å². The van der Waals surface area contributed by atoms with Crippen molar-refractivity contribution in [3.05, 3.63) is 34.9 Å². The minimum atomic E-state index is -0.185. The van der Waals surface area contributed by atoms with Gasteiger partial charge < -0.3 is 10.6 Å². The van der Waals surface area contributed by atoms with E-state index in [2.05, 4.69) is 4.90 Å². The molecule has 0 spiro atoms. The van der Waals surface area contributed by atoms with Crippen molar-refractivity contribution in [3.8, 4) is 0 Å². The number of carbonyl (C=O) groups is 2. The van der Waals surface area contributed by atoms with Crippen LogP contribution in [-0.4, -0.2) is 53.8 Å². The molecule has 2 aliphatic rings. The molecule has 0 bridgehead atoms. The SMILES string of the molecule is NC(=O)C1CCN(C2CN(C(=O)Cc3ccccc3Cl)C2)CC1. The minimum Gasteiger partial charge on any atom is -0.369 e. The van der Waals surface area contributed by atoms with E-state index in [1.807, 2.05) is 29.2 Å². The largest absolute Gasteiger partial charge is 0.369 e. The van der Waals surface area contributed by atoms with Crippen molar-refractivity contribution in [1.29, 1.82) is 0 Å². The molecule has 6 heteroatoms. The summed E-state index contributed by atoms with van der Waals surface area (Å²) in [5.41, 5.74) is 6.24. The van der Waals surface area contributed by atoms with Gasteiger partial charge in [0, 0.05) is 30.1 Å². The molecule has 2 amide bonds. The molecule has 1 aromatic rings. The summed E-state index contributed by atoms with van der Waals surface area (Å²) in [5.74, 6) is -0.0412. The van der Waals surface area contributed by atoms with Crippen molar-refractivity contribution >= 4 is 23.4 Å². The van der Waals surface area contributed by atoms with Gasteiger partial charge in [-0.2, -0.15) is 0 Å². The predicted molar refractivity (Wildman–Crippen MR) is 89.0 cm³/mol. The molecule has 5 nitrogen and oxygen atoms in total. The molecule has 23 heavy (non-hydrogen) atoms. The monoisotopic (exact) mass is 335 g/mol. The molecular formula is C17H22ClN3O2. The van der Waals surface area contributed by atoms with Gasteiger partial charge in [0.15, 0.2) is 0 Å². The lowest BCUT2D eigenvalue weighted by molar-refractivity contribution is -0.138. The molecule has 1 aromatic carbocycles. The third kappa shape index (κ3) is 3.67. The average molecular weight is 336 g/mol. The van der Waals surface area contributed by atoms with Crippen molar-refractivity contribution in [2.75, 3.05) is 26.2 Å². The Hall–Kier alpha value is -1.59. The number of nitrogens with zero attached hydrogens (tertiary/aromatic N) is 2. The number of halogens is 1. The van der Waals surface area contributed by atoms with E-state index in [-0.39, 0.29) is 17.7 Å². The lowest BCUT2D eigenvalue weighted by atomic mass is 9.93. The second kappa shape index (κ2) is 6.89. The van der Waals surface area contributed by atoms with Crippen molar-refractivity contribution in [2.45, 2.75) is 25.3 Å². The molecule has 2 N–H and O–H groups in total. The van der Waals surface area contributed by atoms with Gasteiger partial charge >= 0.3 is 0 Å². The molecule has 3 rings (SSSR count). The Morgan fingerprint density at radius 1 is 1.17 bits per heavy atom. The minimum absolute atomic E-state index is 0.0179. The second-order valence-electron chi connectivity index (χ2n) is 6.43. The first kappa shape index (κ1) is 16.3. The number of nitrogens with two attached hydrogens (primary N) is 1. The summed E-state index contributed by atoms with van der Waals surface area (Å²) >= 11 is 6.11. The van der Waals surface area contributed by atoms with Gasteiger partial charge in [0.2, 0.25) is 11.8 Å². The van der Waals surface area contributed by atoms with Crippen LogP contribution in [0, 0.1) is 5.92 Å². The number of benzene rings is 1. The summed E-state index contributed by atoms with van der Waals surface area (Å²) in [6, 6.07) is 7.89. The number of primary amides is 1. The van der Waals surface area contributed by atoms with Crippen LogP contribution in [0.15, 0.2) is 24.3 Å². The number of hydrogen-bond donors (Lipinski definition) is 1. The Morgan fingerprint density at radius 2 is 1.83 bits per heavy atom. The Balaban J connectivity index is 1.45. The zero-order chi connectivity index (χ0) is 16.4. The van der Waals surface area contributed by atoms with E-state index in [4.69, 9.17) is 17.3 Å². The van der Waals surface area contributed by atoms with E-state index in [0.717, 1.165) is 44.6 Å². The first-order valence-electron chi connectivity index (χ1n) is 8.09. The highest BCUT2D eigenvalue weighted by Gasteiger charge is 2.36. The van der Waals surface area contributed by atoms with E-state index >= 15 is 0 Å². The highest BCUT2D eigenvalue weighted by Crippen LogP contribution is 2.24. The van der Waals surface area contributed by atoms with Crippen LogP contribution in [0.5, 0.6) is 0 Å². The van der Waals surface area contributed by atoms with Crippen molar-refractivity contribution in [2.24, 2.45) is 11.7 Å². The summed E-state index contributed by atoms with van der Waals surface area (Å²) in [7, 11) is 0. The molecule has 0 aliphatic carbocycles. The summed E-state index contributed by atoms with van der Waals surface area (Å²) in [5, 5.41) is 0.645. The molecule has 2 aliphatic heterocycles. The number of piperidine rings is 1. The quantitative estimate of drug-likeness (QED) is 0.901. The van der Waals surface area contributed by atoms with Gasteiger partial charge in [-0.3, -0.25) is 14.5 Å². The normalized spacial score (nSPS) is 20.3. The molecule has 0 atom stereocenters. The standard InChI is InChI=1S/C17H22ClN3O2/c18-15-4-2-1-3-13(15)9-16(22)21-10-14(11-21)20-7-5-12(6-8-20)17(19)23/h1-4,12,14H,5-11H2,(H2,19,23). The number of hydrogen-bond acceptors (Lipinski definition) is 3. The molecule has 2 heterocycles. The zero-order valence-corrected chi connectivity index (χ0v) is 13.8. The Morgan fingerprint density at radius 3 is 2.43 bits per heavy atom. The maximum absolute atomic E-state index is 12.3. The van der Waals surface area contributed by atoms with E-state index in [0.29, 0.717) is 17.5 Å². The molecule has 0 radical (unpaired) electrons. The van der Waals surface area contributed by atoms with Gasteiger partial charge in [-0.05, 0) is 37.6 Å². The second-order valence-corrected chi connectivity index (χ2v) is 6.84. The topological polar surface area (TPSA) is 66.6 Å². The fraction of sp³-hybridized carbons (Fsp3) is 0.529. The fourth-order valence-corrected chi connectivity index (χ4v) is 3.56. The van der Waals surface area contributed by atoms with E-state index in [1.54, 1.807) is 0 Å². The highest BCUT2D eigenvalue weighted by molar-refractivity contribution is 6.31. The van der Waals surface area contributed by atoms with Gasteiger partial charge in [-0.25, -0.2) is 0 Å². The molecule has 124 valence electrons.